The lowest BCUT2D eigenvalue weighted by atomic mass is 10.0. The fourth-order valence-corrected chi connectivity index (χ4v) is 8.95. The molecule has 0 fully saturated rings. The molecular weight excluding hydrogens is 829 g/mol. The van der Waals surface area contributed by atoms with Crippen LogP contribution in [0.5, 0.6) is 0 Å². The van der Waals surface area contributed by atoms with Crippen LogP contribution in [0.3, 0.4) is 0 Å². The first-order valence-electron chi connectivity index (χ1n) is 29.8. The Kier molecular flexibility index (Phi) is 54.7. The maximum Gasteiger partial charge on any atom is 0.306 e. The van der Waals surface area contributed by atoms with E-state index in [2.05, 4.69) is 45.1 Å². The second-order valence-electron chi connectivity index (χ2n) is 20.3. The molecule has 0 aromatic heterocycles. The molecule has 0 unspecified atom stereocenters. The number of hydrogen-bond donors (Lipinski definition) is 0. The molecule has 0 aliphatic heterocycles. The zero-order chi connectivity index (χ0) is 48.6. The van der Waals surface area contributed by atoms with E-state index in [0.717, 1.165) is 70.6 Å². The smallest absolute Gasteiger partial charge is 0.306 e. The molecule has 67 heavy (non-hydrogen) atoms. The standard InChI is InChI=1S/C61H114O6/c1-4-7-10-13-16-19-22-24-26-28-29-30-31-33-34-36-39-42-45-48-51-54-60(63)66-57-58(56-65-59(62)53-50-47-44-41-38-21-18-15-12-9-6-3)67-61(64)55-52-49-46-43-40-37-35-32-27-25-23-20-17-14-11-8-5-2/h17,20,25,27,58H,4-16,18-19,21-24,26,28-57H2,1-3H3/b20-17-,27-25-/t58-/m0/s1. The summed E-state index contributed by atoms with van der Waals surface area (Å²) in [6.07, 6.45) is 66.0. The summed E-state index contributed by atoms with van der Waals surface area (Å²) in [7, 11) is 0. The minimum atomic E-state index is -0.770. The zero-order valence-electron chi connectivity index (χ0n) is 45.2. The van der Waals surface area contributed by atoms with Crippen molar-refractivity contribution in [2.45, 2.75) is 335 Å². The van der Waals surface area contributed by atoms with Crippen LogP contribution in [0.4, 0.5) is 0 Å². The van der Waals surface area contributed by atoms with Gasteiger partial charge in [0, 0.05) is 19.3 Å². The van der Waals surface area contributed by atoms with Gasteiger partial charge in [-0.2, -0.15) is 0 Å². The van der Waals surface area contributed by atoms with E-state index < -0.39 is 6.10 Å². The number of ether oxygens (including phenoxy) is 3. The topological polar surface area (TPSA) is 78.9 Å². The molecule has 0 N–H and O–H groups in total. The Hall–Kier alpha value is -2.11. The summed E-state index contributed by atoms with van der Waals surface area (Å²) in [6, 6.07) is 0. The molecule has 0 heterocycles. The molecule has 0 rings (SSSR count). The largest absolute Gasteiger partial charge is 0.462 e. The van der Waals surface area contributed by atoms with Crippen LogP contribution in [0.25, 0.3) is 0 Å². The molecule has 0 aromatic rings. The first kappa shape index (κ1) is 64.9. The van der Waals surface area contributed by atoms with Crippen molar-refractivity contribution >= 4 is 17.9 Å². The molecule has 0 spiro atoms. The molecule has 1 atom stereocenters. The van der Waals surface area contributed by atoms with E-state index in [-0.39, 0.29) is 31.1 Å². The van der Waals surface area contributed by atoms with Gasteiger partial charge in [0.2, 0.25) is 0 Å². The van der Waals surface area contributed by atoms with E-state index in [1.54, 1.807) is 0 Å². The van der Waals surface area contributed by atoms with Crippen molar-refractivity contribution in [3.8, 4) is 0 Å². The van der Waals surface area contributed by atoms with Gasteiger partial charge in [-0.3, -0.25) is 14.4 Å². The molecule has 0 saturated carbocycles. The van der Waals surface area contributed by atoms with Crippen molar-refractivity contribution in [1.82, 2.24) is 0 Å². The summed E-state index contributed by atoms with van der Waals surface area (Å²) in [4.78, 5) is 38.1. The number of carbonyl (C=O) groups excluding carboxylic acids is 3. The van der Waals surface area contributed by atoms with Crippen LogP contribution < -0.4 is 0 Å². The van der Waals surface area contributed by atoms with Gasteiger partial charge in [0.25, 0.3) is 0 Å². The highest BCUT2D eigenvalue weighted by molar-refractivity contribution is 5.71. The zero-order valence-corrected chi connectivity index (χ0v) is 45.2. The third-order valence-electron chi connectivity index (χ3n) is 13.5. The monoisotopic (exact) mass is 943 g/mol. The van der Waals surface area contributed by atoms with Gasteiger partial charge in [-0.15, -0.1) is 0 Å². The number of hydrogen-bond acceptors (Lipinski definition) is 6. The van der Waals surface area contributed by atoms with Crippen molar-refractivity contribution in [3.63, 3.8) is 0 Å². The maximum absolute atomic E-state index is 12.8. The summed E-state index contributed by atoms with van der Waals surface area (Å²) in [5.74, 6) is -0.855. The van der Waals surface area contributed by atoms with Crippen LogP contribution in [0.2, 0.25) is 0 Å². The van der Waals surface area contributed by atoms with Crippen molar-refractivity contribution in [3.05, 3.63) is 24.3 Å². The minimum absolute atomic E-state index is 0.0690. The van der Waals surface area contributed by atoms with Crippen molar-refractivity contribution in [1.29, 1.82) is 0 Å². The second-order valence-corrected chi connectivity index (χ2v) is 20.3. The normalized spacial score (nSPS) is 12.1. The Balaban J connectivity index is 4.25. The summed E-state index contributed by atoms with van der Waals surface area (Å²) < 4.78 is 16.9. The lowest BCUT2D eigenvalue weighted by molar-refractivity contribution is -0.167. The number of carbonyl (C=O) groups is 3. The van der Waals surface area contributed by atoms with Gasteiger partial charge in [0.05, 0.1) is 0 Å². The van der Waals surface area contributed by atoms with Gasteiger partial charge in [-0.1, -0.05) is 283 Å². The number of esters is 3. The van der Waals surface area contributed by atoms with Gasteiger partial charge in [0.1, 0.15) is 13.2 Å². The van der Waals surface area contributed by atoms with E-state index in [1.165, 1.54) is 218 Å². The Morgan fingerprint density at radius 1 is 0.299 bits per heavy atom. The fraction of sp³-hybridized carbons (Fsp3) is 0.885. The van der Waals surface area contributed by atoms with Gasteiger partial charge in [-0.05, 0) is 51.4 Å². The van der Waals surface area contributed by atoms with Crippen molar-refractivity contribution in [2.75, 3.05) is 13.2 Å². The highest BCUT2D eigenvalue weighted by Gasteiger charge is 2.19. The second kappa shape index (κ2) is 56.5. The van der Waals surface area contributed by atoms with Crippen molar-refractivity contribution < 1.29 is 28.6 Å². The quantitative estimate of drug-likeness (QED) is 0.0262. The highest BCUT2D eigenvalue weighted by Crippen LogP contribution is 2.17. The molecule has 0 aliphatic carbocycles. The van der Waals surface area contributed by atoms with Crippen LogP contribution in [-0.2, 0) is 28.6 Å². The first-order chi connectivity index (χ1) is 33.0. The predicted octanol–water partition coefficient (Wildman–Crippen LogP) is 19.9. The molecule has 0 aromatic carbocycles. The Labute approximate surface area is 417 Å². The van der Waals surface area contributed by atoms with Gasteiger partial charge < -0.3 is 14.2 Å². The van der Waals surface area contributed by atoms with Crippen LogP contribution >= 0.6 is 0 Å². The molecule has 0 aliphatic rings. The molecule has 0 radical (unpaired) electrons. The van der Waals surface area contributed by atoms with Crippen LogP contribution in [-0.4, -0.2) is 37.2 Å². The van der Waals surface area contributed by atoms with E-state index in [9.17, 15) is 14.4 Å². The maximum atomic E-state index is 12.8. The average molecular weight is 944 g/mol. The lowest BCUT2D eigenvalue weighted by Crippen LogP contribution is -2.30. The molecular formula is C61H114O6. The first-order valence-corrected chi connectivity index (χ1v) is 29.8. The van der Waals surface area contributed by atoms with Crippen LogP contribution in [0.1, 0.15) is 329 Å². The third-order valence-corrected chi connectivity index (χ3v) is 13.5. The number of rotatable bonds is 55. The van der Waals surface area contributed by atoms with Gasteiger partial charge in [0.15, 0.2) is 6.10 Å². The predicted molar refractivity (Wildman–Crippen MR) is 289 cm³/mol. The molecule has 6 heteroatoms. The Bertz CT molecular complexity index is 1080. The molecule has 0 amide bonds. The highest BCUT2D eigenvalue weighted by atomic mass is 16.6. The van der Waals surface area contributed by atoms with Crippen LogP contribution in [0, 0.1) is 0 Å². The third kappa shape index (κ3) is 54.7. The molecule has 0 saturated heterocycles. The fourth-order valence-electron chi connectivity index (χ4n) is 8.95. The lowest BCUT2D eigenvalue weighted by Gasteiger charge is -2.18. The average Bonchev–Trinajstić information content (AvgIpc) is 3.33. The van der Waals surface area contributed by atoms with E-state index >= 15 is 0 Å². The van der Waals surface area contributed by atoms with E-state index in [0.29, 0.717) is 19.3 Å². The molecule has 6 nitrogen and oxygen atoms in total. The van der Waals surface area contributed by atoms with E-state index in [1.807, 2.05) is 0 Å². The summed E-state index contributed by atoms with van der Waals surface area (Å²) in [6.45, 7) is 6.65. The van der Waals surface area contributed by atoms with Gasteiger partial charge >= 0.3 is 17.9 Å². The van der Waals surface area contributed by atoms with Crippen LogP contribution in [0.15, 0.2) is 24.3 Å². The Morgan fingerprint density at radius 2 is 0.537 bits per heavy atom. The van der Waals surface area contributed by atoms with Gasteiger partial charge in [-0.25, -0.2) is 0 Å². The number of allylic oxidation sites excluding steroid dienone is 4. The Morgan fingerprint density at radius 3 is 0.851 bits per heavy atom. The molecule has 394 valence electrons. The summed E-state index contributed by atoms with van der Waals surface area (Å²) in [5, 5.41) is 0. The van der Waals surface area contributed by atoms with E-state index in [4.69, 9.17) is 14.2 Å². The summed E-state index contributed by atoms with van der Waals surface area (Å²) >= 11 is 0. The molecule has 0 bridgehead atoms. The number of unbranched alkanes of at least 4 members (excludes halogenated alkanes) is 40. The van der Waals surface area contributed by atoms with Crippen molar-refractivity contribution in [2.24, 2.45) is 0 Å². The summed E-state index contributed by atoms with van der Waals surface area (Å²) in [5.41, 5.74) is 0. The minimum Gasteiger partial charge on any atom is -0.462 e. The SMILES string of the molecule is CCCCC/C=C\C/C=C\CCCCCCCCCC(=O)O[C@@H](COC(=O)CCCCCCCCCCCCC)COC(=O)CCCCCCCCCCCCCCCCCCCCCCC.